The second kappa shape index (κ2) is 8.05. The number of Topliss-reactive ketones (excluding diaryl/α,β-unsaturated/α-hetero) is 1. The van der Waals surface area contributed by atoms with Gasteiger partial charge >= 0.3 is 0 Å². The van der Waals surface area contributed by atoms with E-state index >= 15 is 0 Å². The van der Waals surface area contributed by atoms with Crippen LogP contribution in [0.25, 0.3) is 0 Å². The van der Waals surface area contributed by atoms with Crippen LogP contribution in [0.4, 0.5) is 0 Å². The van der Waals surface area contributed by atoms with Crippen molar-refractivity contribution in [3.63, 3.8) is 0 Å². The maximum absolute atomic E-state index is 12.0. The van der Waals surface area contributed by atoms with Crippen molar-refractivity contribution in [3.05, 3.63) is 33.8 Å². The van der Waals surface area contributed by atoms with Gasteiger partial charge < -0.3 is 4.90 Å². The fraction of sp³-hybridized carbons (Fsp3) is 0.462. The zero-order valence-electron chi connectivity index (χ0n) is 10.6. The molecular formula is C13H17Cl2NOS. The monoisotopic (exact) mass is 305 g/mol. The van der Waals surface area contributed by atoms with Gasteiger partial charge in [0.15, 0.2) is 5.78 Å². The summed E-state index contributed by atoms with van der Waals surface area (Å²) in [7, 11) is 2.02. The van der Waals surface area contributed by atoms with Crippen molar-refractivity contribution in [2.75, 3.05) is 32.1 Å². The number of carbonyl (C=O) groups is 1. The Labute approximate surface area is 123 Å². The Morgan fingerprint density at radius 1 is 1.33 bits per heavy atom. The van der Waals surface area contributed by atoms with Crippen molar-refractivity contribution >= 4 is 40.7 Å². The first-order chi connectivity index (χ1) is 8.56. The summed E-state index contributed by atoms with van der Waals surface area (Å²) < 4.78 is 0. The third-order valence-electron chi connectivity index (χ3n) is 2.65. The van der Waals surface area contributed by atoms with Crippen molar-refractivity contribution < 1.29 is 4.79 Å². The van der Waals surface area contributed by atoms with Crippen molar-refractivity contribution in [2.24, 2.45) is 0 Å². The number of ketones is 1. The van der Waals surface area contributed by atoms with E-state index in [2.05, 4.69) is 11.2 Å². The van der Waals surface area contributed by atoms with Gasteiger partial charge in [-0.1, -0.05) is 29.3 Å². The quantitative estimate of drug-likeness (QED) is 0.713. The number of hydrogen-bond acceptors (Lipinski definition) is 3. The topological polar surface area (TPSA) is 20.3 Å². The van der Waals surface area contributed by atoms with Crippen LogP contribution in [-0.4, -0.2) is 42.8 Å². The number of hydrogen-bond donors (Lipinski definition) is 0. The van der Waals surface area contributed by atoms with E-state index in [9.17, 15) is 4.79 Å². The van der Waals surface area contributed by atoms with Crippen molar-refractivity contribution in [3.8, 4) is 0 Å². The van der Waals surface area contributed by atoms with E-state index in [0.717, 1.165) is 18.8 Å². The first-order valence-corrected chi connectivity index (χ1v) is 7.86. The lowest BCUT2D eigenvalue weighted by Crippen LogP contribution is -2.24. The van der Waals surface area contributed by atoms with E-state index in [-0.39, 0.29) is 5.78 Å². The maximum Gasteiger partial charge on any atom is 0.165 e. The second-order valence-corrected chi connectivity index (χ2v) is 5.84. The van der Waals surface area contributed by atoms with Crippen molar-refractivity contribution in [1.29, 1.82) is 0 Å². The third kappa shape index (κ3) is 4.81. The number of benzene rings is 1. The van der Waals surface area contributed by atoms with Crippen LogP contribution in [0.5, 0.6) is 0 Å². The molecule has 0 spiro atoms. The number of nitrogens with zero attached hydrogens (tertiary/aromatic N) is 1. The summed E-state index contributed by atoms with van der Waals surface area (Å²) >= 11 is 13.7. The van der Waals surface area contributed by atoms with Crippen LogP contribution in [0.3, 0.4) is 0 Å². The summed E-state index contributed by atoms with van der Waals surface area (Å²) in [5.74, 6) is 1.11. The molecule has 0 fully saturated rings. The molecule has 0 aliphatic heterocycles. The zero-order valence-corrected chi connectivity index (χ0v) is 12.9. The molecule has 1 aromatic rings. The number of halogens is 2. The van der Waals surface area contributed by atoms with Crippen molar-refractivity contribution in [1.82, 2.24) is 4.90 Å². The lowest BCUT2D eigenvalue weighted by Gasteiger charge is -2.15. The molecule has 1 rings (SSSR count). The highest BCUT2D eigenvalue weighted by Crippen LogP contribution is 2.26. The molecule has 0 aromatic heterocycles. The minimum Gasteiger partial charge on any atom is -0.305 e. The Hall–Kier alpha value is -0.220. The fourth-order valence-electron chi connectivity index (χ4n) is 1.51. The highest BCUT2D eigenvalue weighted by molar-refractivity contribution is 7.98. The largest absolute Gasteiger partial charge is 0.305 e. The molecule has 0 aliphatic carbocycles. The molecule has 0 saturated carbocycles. The number of thioether (sulfide) groups is 1. The normalized spacial score (nSPS) is 10.9. The lowest BCUT2D eigenvalue weighted by molar-refractivity contribution is 0.0970. The van der Waals surface area contributed by atoms with E-state index in [1.807, 2.05) is 7.05 Å². The SMILES string of the molecule is CSCCN(C)CCC(=O)c1cccc(Cl)c1Cl. The molecule has 0 amide bonds. The maximum atomic E-state index is 12.0. The van der Waals surface area contributed by atoms with E-state index in [1.54, 1.807) is 30.0 Å². The van der Waals surface area contributed by atoms with Gasteiger partial charge in [0.1, 0.15) is 0 Å². The van der Waals surface area contributed by atoms with Crippen LogP contribution < -0.4 is 0 Å². The molecule has 0 radical (unpaired) electrons. The van der Waals surface area contributed by atoms with Gasteiger partial charge in [-0.05, 0) is 25.4 Å². The van der Waals surface area contributed by atoms with Gasteiger partial charge in [-0.15, -0.1) is 0 Å². The van der Waals surface area contributed by atoms with Crippen LogP contribution in [0, 0.1) is 0 Å². The zero-order chi connectivity index (χ0) is 13.5. The van der Waals surface area contributed by atoms with Crippen LogP contribution in [-0.2, 0) is 0 Å². The highest BCUT2D eigenvalue weighted by atomic mass is 35.5. The van der Waals surface area contributed by atoms with Gasteiger partial charge in [0.2, 0.25) is 0 Å². The van der Waals surface area contributed by atoms with E-state index in [0.29, 0.717) is 22.0 Å². The Morgan fingerprint density at radius 2 is 2.06 bits per heavy atom. The molecule has 0 saturated heterocycles. The average molecular weight is 306 g/mol. The lowest BCUT2D eigenvalue weighted by atomic mass is 10.1. The fourth-order valence-corrected chi connectivity index (χ4v) is 2.41. The summed E-state index contributed by atoms with van der Waals surface area (Å²) in [5, 5.41) is 0.786. The summed E-state index contributed by atoms with van der Waals surface area (Å²) in [6.45, 7) is 1.72. The van der Waals surface area contributed by atoms with Crippen LogP contribution in [0.15, 0.2) is 18.2 Å². The standard InChI is InChI=1S/C13H17Cl2NOS/c1-16(8-9-18-2)7-6-12(17)10-4-3-5-11(14)13(10)15/h3-5H,6-9H2,1-2H3. The molecule has 0 N–H and O–H groups in total. The minimum absolute atomic E-state index is 0.0403. The first kappa shape index (κ1) is 15.8. The molecular weight excluding hydrogens is 289 g/mol. The summed E-state index contributed by atoms with van der Waals surface area (Å²) in [4.78, 5) is 14.2. The van der Waals surface area contributed by atoms with Crippen LogP contribution in [0.2, 0.25) is 10.0 Å². The van der Waals surface area contributed by atoms with Gasteiger partial charge in [-0.3, -0.25) is 4.79 Å². The van der Waals surface area contributed by atoms with Gasteiger partial charge in [-0.25, -0.2) is 0 Å². The minimum atomic E-state index is 0.0403. The molecule has 18 heavy (non-hydrogen) atoms. The molecule has 1 aromatic carbocycles. The average Bonchev–Trinajstić information content (AvgIpc) is 2.36. The van der Waals surface area contributed by atoms with Crippen molar-refractivity contribution in [2.45, 2.75) is 6.42 Å². The molecule has 0 aliphatic rings. The molecule has 2 nitrogen and oxygen atoms in total. The van der Waals surface area contributed by atoms with Gasteiger partial charge in [0, 0.05) is 30.8 Å². The summed E-state index contributed by atoms with van der Waals surface area (Å²) in [6, 6.07) is 5.16. The van der Waals surface area contributed by atoms with Crippen LogP contribution >= 0.6 is 35.0 Å². The number of carbonyl (C=O) groups excluding carboxylic acids is 1. The molecule has 0 atom stereocenters. The Morgan fingerprint density at radius 3 is 2.72 bits per heavy atom. The summed E-state index contributed by atoms with van der Waals surface area (Å²) in [6.07, 6.45) is 2.54. The Balaban J connectivity index is 2.53. The molecule has 0 unspecified atom stereocenters. The third-order valence-corrected chi connectivity index (χ3v) is 4.06. The Kier molecular flexibility index (Phi) is 7.08. The molecule has 100 valence electrons. The van der Waals surface area contributed by atoms with Gasteiger partial charge in [0.25, 0.3) is 0 Å². The Bertz CT molecular complexity index is 412. The van der Waals surface area contributed by atoms with E-state index in [4.69, 9.17) is 23.2 Å². The van der Waals surface area contributed by atoms with Gasteiger partial charge in [0.05, 0.1) is 10.0 Å². The number of rotatable bonds is 7. The second-order valence-electron chi connectivity index (χ2n) is 4.07. The predicted octanol–water partition coefficient (Wildman–Crippen LogP) is 3.86. The summed E-state index contributed by atoms with van der Waals surface area (Å²) in [5.41, 5.74) is 0.516. The van der Waals surface area contributed by atoms with E-state index in [1.165, 1.54) is 0 Å². The first-order valence-electron chi connectivity index (χ1n) is 5.71. The predicted molar refractivity (Wildman–Crippen MR) is 81.3 cm³/mol. The molecule has 0 bridgehead atoms. The smallest absolute Gasteiger partial charge is 0.165 e. The van der Waals surface area contributed by atoms with E-state index < -0.39 is 0 Å². The molecule has 0 heterocycles. The van der Waals surface area contributed by atoms with Gasteiger partial charge in [-0.2, -0.15) is 11.8 Å². The molecule has 5 heteroatoms. The highest BCUT2D eigenvalue weighted by Gasteiger charge is 2.13. The van der Waals surface area contributed by atoms with Crippen LogP contribution in [0.1, 0.15) is 16.8 Å².